The van der Waals surface area contributed by atoms with E-state index in [0.717, 1.165) is 31.0 Å². The first-order valence-electron chi connectivity index (χ1n) is 10.5. The van der Waals surface area contributed by atoms with Crippen molar-refractivity contribution < 1.29 is 19.1 Å². The van der Waals surface area contributed by atoms with Gasteiger partial charge in [-0.05, 0) is 38.8 Å². The number of carboxylic acids is 1. The fraction of sp³-hybridized carbons (Fsp3) is 0.524. The lowest BCUT2D eigenvalue weighted by Gasteiger charge is -2.33. The molecule has 2 aromatic rings. The average Bonchev–Trinajstić information content (AvgIpc) is 3.59. The number of aromatic nitrogens is 2. The maximum absolute atomic E-state index is 15.1. The molecule has 2 N–H and O–H groups in total. The van der Waals surface area contributed by atoms with Gasteiger partial charge in [0, 0.05) is 18.8 Å². The fourth-order valence-corrected chi connectivity index (χ4v) is 3.88. The number of rotatable bonds is 7. The van der Waals surface area contributed by atoms with Crippen molar-refractivity contribution in [3.63, 3.8) is 0 Å². The second-order valence-electron chi connectivity index (χ2n) is 7.95. The molecule has 2 fully saturated rings. The number of carboxylic acid groups (broad SMARTS) is 1. The summed E-state index contributed by atoms with van der Waals surface area (Å²) in [6.07, 6.45) is 4.59. The minimum Gasteiger partial charge on any atom is -0.477 e. The molecule has 1 saturated carbocycles. The van der Waals surface area contributed by atoms with Gasteiger partial charge in [-0.25, -0.2) is 14.2 Å². The zero-order valence-electron chi connectivity index (χ0n) is 17.6. The number of piperidine rings is 1. The van der Waals surface area contributed by atoms with Crippen LogP contribution in [0.1, 0.15) is 49.0 Å². The maximum Gasteiger partial charge on any atom is 0.341 e. The highest BCUT2D eigenvalue weighted by Crippen LogP contribution is 2.37. The van der Waals surface area contributed by atoms with E-state index in [1.807, 2.05) is 14.0 Å². The van der Waals surface area contributed by atoms with E-state index in [2.05, 4.69) is 15.5 Å². The number of carbonyl (C=O) groups is 1. The zero-order chi connectivity index (χ0) is 22.1. The Balaban J connectivity index is 1.76. The van der Waals surface area contributed by atoms with Crippen molar-refractivity contribution in [3.05, 3.63) is 33.9 Å². The lowest BCUT2D eigenvalue weighted by atomic mass is 10.0. The van der Waals surface area contributed by atoms with Crippen molar-refractivity contribution in [3.8, 4) is 0 Å². The molecule has 31 heavy (non-hydrogen) atoms. The second kappa shape index (κ2) is 8.62. The van der Waals surface area contributed by atoms with E-state index < -0.39 is 17.2 Å². The normalized spacial score (nSPS) is 20.4. The fourth-order valence-electron chi connectivity index (χ4n) is 3.88. The van der Waals surface area contributed by atoms with E-state index in [0.29, 0.717) is 31.8 Å². The topological polar surface area (TPSA) is 109 Å². The lowest BCUT2D eigenvalue weighted by Crippen LogP contribution is -2.49. The van der Waals surface area contributed by atoms with Crippen molar-refractivity contribution in [1.82, 2.24) is 14.9 Å². The van der Waals surface area contributed by atoms with Crippen LogP contribution in [0.3, 0.4) is 0 Å². The van der Waals surface area contributed by atoms with Gasteiger partial charge in [0.05, 0.1) is 23.7 Å². The molecule has 2 aliphatic rings. The van der Waals surface area contributed by atoms with E-state index >= 15 is 4.39 Å². The molecule has 0 aromatic carbocycles. The number of hydrogen-bond acceptors (Lipinski definition) is 7. The van der Waals surface area contributed by atoms with Crippen molar-refractivity contribution in [2.45, 2.75) is 44.7 Å². The Morgan fingerprint density at radius 1 is 1.42 bits per heavy atom. The minimum absolute atomic E-state index is 0.0154. The van der Waals surface area contributed by atoms with Crippen LogP contribution in [-0.4, -0.2) is 59.1 Å². The van der Waals surface area contributed by atoms with E-state index in [9.17, 15) is 14.7 Å². The Labute approximate surface area is 178 Å². The summed E-state index contributed by atoms with van der Waals surface area (Å²) >= 11 is 0. The standard InChI is InChI=1S/C21H26FN5O4/c1-3-8-31-25-17-11-26(7-6-16(17)23-2)20-15(22)9-13-18(28)14(21(29)30)10-27(12-4-5-12)19(13)24-20/h9-10,12,16,23H,3-8,11H2,1-2H3,(H,29,30)/b25-17+. The molecule has 4 rings (SSSR count). The van der Waals surface area contributed by atoms with Gasteiger partial charge < -0.3 is 24.7 Å². The largest absolute Gasteiger partial charge is 0.477 e. The molecule has 1 atom stereocenters. The molecule has 0 amide bonds. The SMILES string of the molecule is CCCO/N=C1\CN(c2nc3c(cc2F)c(=O)c(C(=O)O)cn3C2CC2)CCC1NC. The monoisotopic (exact) mass is 431 g/mol. The Kier molecular flexibility index (Phi) is 5.90. The van der Waals surface area contributed by atoms with Crippen molar-refractivity contribution >= 4 is 28.5 Å². The lowest BCUT2D eigenvalue weighted by molar-refractivity contribution is 0.0695. The van der Waals surface area contributed by atoms with Crippen molar-refractivity contribution in [2.24, 2.45) is 5.16 Å². The first-order chi connectivity index (χ1) is 14.9. The number of nitrogens with one attached hydrogen (secondary N) is 1. The molecule has 10 heteroatoms. The number of anilines is 1. The molecular formula is C21H26FN5O4. The van der Waals surface area contributed by atoms with Crippen LogP contribution in [0, 0.1) is 5.82 Å². The molecule has 0 spiro atoms. The van der Waals surface area contributed by atoms with Gasteiger partial charge in [0.2, 0.25) is 5.43 Å². The van der Waals surface area contributed by atoms with Crippen LogP contribution < -0.4 is 15.6 Å². The van der Waals surface area contributed by atoms with Crippen molar-refractivity contribution in [1.29, 1.82) is 0 Å². The number of halogens is 1. The van der Waals surface area contributed by atoms with Gasteiger partial charge in [0.1, 0.15) is 17.8 Å². The maximum atomic E-state index is 15.1. The van der Waals surface area contributed by atoms with Crippen LogP contribution in [0.15, 0.2) is 22.2 Å². The highest BCUT2D eigenvalue weighted by molar-refractivity contribution is 5.95. The minimum atomic E-state index is -1.33. The number of hydrogen-bond donors (Lipinski definition) is 2. The van der Waals surface area contributed by atoms with Gasteiger partial charge in [-0.3, -0.25) is 4.79 Å². The van der Waals surface area contributed by atoms with Crippen LogP contribution in [0.25, 0.3) is 11.0 Å². The third-order valence-corrected chi connectivity index (χ3v) is 5.68. The summed E-state index contributed by atoms with van der Waals surface area (Å²) in [6, 6.07) is 1.21. The number of pyridine rings is 2. The summed E-state index contributed by atoms with van der Waals surface area (Å²) < 4.78 is 16.8. The third-order valence-electron chi connectivity index (χ3n) is 5.68. The van der Waals surface area contributed by atoms with E-state index in [1.165, 1.54) is 6.20 Å². The number of aromatic carboxylic acids is 1. The summed E-state index contributed by atoms with van der Waals surface area (Å²) in [4.78, 5) is 35.8. The summed E-state index contributed by atoms with van der Waals surface area (Å²) in [5.74, 6) is -1.86. The molecular weight excluding hydrogens is 405 g/mol. The number of oxime groups is 1. The summed E-state index contributed by atoms with van der Waals surface area (Å²) in [5, 5.41) is 16.8. The van der Waals surface area contributed by atoms with E-state index in [-0.39, 0.29) is 28.9 Å². The Morgan fingerprint density at radius 3 is 2.84 bits per heavy atom. The van der Waals surface area contributed by atoms with E-state index in [4.69, 9.17) is 4.84 Å². The molecule has 1 unspecified atom stereocenters. The summed E-state index contributed by atoms with van der Waals surface area (Å²) in [5.41, 5.74) is -0.0261. The quantitative estimate of drug-likeness (QED) is 0.511. The molecule has 9 nitrogen and oxygen atoms in total. The van der Waals surface area contributed by atoms with Crippen LogP contribution in [0.5, 0.6) is 0 Å². The smallest absolute Gasteiger partial charge is 0.341 e. The molecule has 1 aliphatic carbocycles. The van der Waals surface area contributed by atoms with Gasteiger partial charge in [-0.2, -0.15) is 0 Å². The molecule has 0 radical (unpaired) electrons. The van der Waals surface area contributed by atoms with Crippen LogP contribution in [0.2, 0.25) is 0 Å². The van der Waals surface area contributed by atoms with Gasteiger partial charge in [-0.15, -0.1) is 0 Å². The molecule has 1 aliphatic heterocycles. The predicted octanol–water partition coefficient (Wildman–Crippen LogP) is 2.15. The average molecular weight is 431 g/mol. The van der Waals surface area contributed by atoms with Gasteiger partial charge in [0.15, 0.2) is 11.6 Å². The highest BCUT2D eigenvalue weighted by Gasteiger charge is 2.31. The summed E-state index contributed by atoms with van der Waals surface area (Å²) in [6.45, 7) is 3.38. The summed E-state index contributed by atoms with van der Waals surface area (Å²) in [7, 11) is 1.85. The van der Waals surface area contributed by atoms with Gasteiger partial charge in [0.25, 0.3) is 0 Å². The Morgan fingerprint density at radius 2 is 2.19 bits per heavy atom. The number of fused-ring (bicyclic) bond motifs is 1. The number of nitrogens with zero attached hydrogens (tertiary/aromatic N) is 4. The molecule has 3 heterocycles. The Bertz CT molecular complexity index is 1100. The van der Waals surface area contributed by atoms with Crippen LogP contribution in [-0.2, 0) is 4.84 Å². The first-order valence-corrected chi connectivity index (χ1v) is 10.5. The Hall–Kier alpha value is -3.01. The second-order valence-corrected chi connectivity index (χ2v) is 7.95. The van der Waals surface area contributed by atoms with Crippen LogP contribution in [0.4, 0.5) is 10.2 Å². The predicted molar refractivity (Wildman–Crippen MR) is 115 cm³/mol. The highest BCUT2D eigenvalue weighted by atomic mass is 19.1. The van der Waals surface area contributed by atoms with Crippen molar-refractivity contribution in [2.75, 3.05) is 31.6 Å². The third kappa shape index (κ3) is 4.12. The molecule has 0 bridgehead atoms. The van der Waals surface area contributed by atoms with Gasteiger partial charge in [-0.1, -0.05) is 12.1 Å². The molecule has 1 saturated heterocycles. The molecule has 2 aromatic heterocycles. The van der Waals surface area contributed by atoms with Crippen LogP contribution >= 0.6 is 0 Å². The van der Waals surface area contributed by atoms with E-state index in [1.54, 1.807) is 9.47 Å². The van der Waals surface area contributed by atoms with Gasteiger partial charge >= 0.3 is 5.97 Å². The molecule has 166 valence electrons. The first kappa shape index (κ1) is 21.2. The zero-order valence-corrected chi connectivity index (χ0v) is 17.6.